The number of ether oxygens (including phenoxy) is 1. The van der Waals surface area contributed by atoms with Gasteiger partial charge in [-0.1, -0.05) is 18.2 Å². The van der Waals surface area contributed by atoms with Crippen LogP contribution >= 0.6 is 0 Å². The fourth-order valence-corrected chi connectivity index (χ4v) is 2.16. The summed E-state index contributed by atoms with van der Waals surface area (Å²) < 4.78 is 5.13. The van der Waals surface area contributed by atoms with Gasteiger partial charge < -0.3 is 4.74 Å². The Hall–Kier alpha value is -2.62. The van der Waals surface area contributed by atoms with Crippen molar-refractivity contribution in [3.8, 4) is 5.75 Å². The average molecular weight is 297 g/mol. The SMILES string of the molecule is COc1ccc(N(C(=O)c2ccccc2)C(C)C(C)=O)cc1. The quantitative estimate of drug-likeness (QED) is 0.850. The summed E-state index contributed by atoms with van der Waals surface area (Å²) in [5, 5.41) is 0. The minimum Gasteiger partial charge on any atom is -0.497 e. The Morgan fingerprint density at radius 2 is 1.59 bits per heavy atom. The highest BCUT2D eigenvalue weighted by Gasteiger charge is 2.26. The van der Waals surface area contributed by atoms with E-state index in [0.717, 1.165) is 0 Å². The maximum atomic E-state index is 12.8. The number of nitrogens with zero attached hydrogens (tertiary/aromatic N) is 1. The Bertz CT molecular complexity index is 650. The summed E-state index contributed by atoms with van der Waals surface area (Å²) in [5.74, 6) is 0.430. The molecule has 22 heavy (non-hydrogen) atoms. The van der Waals surface area contributed by atoms with Gasteiger partial charge in [-0.05, 0) is 50.2 Å². The lowest BCUT2D eigenvalue weighted by molar-refractivity contribution is -0.117. The van der Waals surface area contributed by atoms with E-state index >= 15 is 0 Å². The van der Waals surface area contributed by atoms with Gasteiger partial charge in [-0.15, -0.1) is 0 Å². The molecule has 0 aliphatic heterocycles. The zero-order chi connectivity index (χ0) is 16.1. The van der Waals surface area contributed by atoms with E-state index in [4.69, 9.17) is 4.74 Å². The molecule has 1 unspecified atom stereocenters. The van der Waals surface area contributed by atoms with E-state index in [1.807, 2.05) is 6.07 Å². The number of hydrogen-bond acceptors (Lipinski definition) is 3. The number of Topliss-reactive ketones (excluding diaryl/α,β-unsaturated/α-hetero) is 1. The minimum absolute atomic E-state index is 0.0694. The van der Waals surface area contributed by atoms with Crippen molar-refractivity contribution in [2.24, 2.45) is 0 Å². The highest BCUT2D eigenvalue weighted by molar-refractivity contribution is 6.09. The molecule has 2 aromatic rings. The lowest BCUT2D eigenvalue weighted by Crippen LogP contribution is -2.42. The number of carbonyl (C=O) groups is 2. The van der Waals surface area contributed by atoms with E-state index in [1.165, 1.54) is 11.8 Å². The van der Waals surface area contributed by atoms with Gasteiger partial charge in [0, 0.05) is 11.3 Å². The van der Waals surface area contributed by atoms with Gasteiger partial charge >= 0.3 is 0 Å². The number of rotatable bonds is 5. The monoisotopic (exact) mass is 297 g/mol. The summed E-state index contributed by atoms with van der Waals surface area (Å²) in [4.78, 5) is 26.1. The zero-order valence-corrected chi connectivity index (χ0v) is 12.9. The molecule has 0 aromatic heterocycles. The van der Waals surface area contributed by atoms with Gasteiger partial charge in [-0.2, -0.15) is 0 Å². The van der Waals surface area contributed by atoms with Crippen LogP contribution in [-0.2, 0) is 4.79 Å². The van der Waals surface area contributed by atoms with Gasteiger partial charge in [0.05, 0.1) is 13.2 Å². The molecule has 114 valence electrons. The second kappa shape index (κ2) is 6.89. The summed E-state index contributed by atoms with van der Waals surface area (Å²) in [6, 6.07) is 15.5. The van der Waals surface area contributed by atoms with E-state index in [0.29, 0.717) is 17.0 Å². The highest BCUT2D eigenvalue weighted by Crippen LogP contribution is 2.23. The number of ketones is 1. The average Bonchev–Trinajstić information content (AvgIpc) is 2.56. The van der Waals surface area contributed by atoms with Crippen molar-refractivity contribution >= 4 is 17.4 Å². The van der Waals surface area contributed by atoms with Crippen molar-refractivity contribution < 1.29 is 14.3 Å². The molecule has 4 nitrogen and oxygen atoms in total. The summed E-state index contributed by atoms with van der Waals surface area (Å²) in [6.07, 6.45) is 0. The predicted octanol–water partition coefficient (Wildman–Crippen LogP) is 3.32. The van der Waals surface area contributed by atoms with Gasteiger partial charge in [0.2, 0.25) is 0 Å². The molecular formula is C18H19NO3. The first kappa shape index (κ1) is 15.8. The third-order valence-corrected chi connectivity index (χ3v) is 3.57. The van der Waals surface area contributed by atoms with Crippen LogP contribution in [-0.4, -0.2) is 24.8 Å². The predicted molar refractivity (Wildman–Crippen MR) is 86.4 cm³/mol. The Morgan fingerprint density at radius 1 is 1.00 bits per heavy atom. The molecule has 0 saturated carbocycles. The molecule has 0 N–H and O–H groups in total. The van der Waals surface area contributed by atoms with Crippen LogP contribution in [0.25, 0.3) is 0 Å². The molecular weight excluding hydrogens is 278 g/mol. The zero-order valence-electron chi connectivity index (χ0n) is 12.9. The maximum absolute atomic E-state index is 12.8. The van der Waals surface area contributed by atoms with E-state index in [1.54, 1.807) is 62.6 Å². The van der Waals surface area contributed by atoms with Crippen LogP contribution in [0.2, 0.25) is 0 Å². The minimum atomic E-state index is -0.541. The molecule has 0 radical (unpaired) electrons. The van der Waals surface area contributed by atoms with E-state index in [9.17, 15) is 9.59 Å². The lowest BCUT2D eigenvalue weighted by Gasteiger charge is -2.28. The van der Waals surface area contributed by atoms with Crippen molar-refractivity contribution in [3.05, 3.63) is 60.2 Å². The number of hydrogen-bond donors (Lipinski definition) is 0. The number of benzene rings is 2. The van der Waals surface area contributed by atoms with Gasteiger partial charge in [0.15, 0.2) is 5.78 Å². The number of methoxy groups -OCH3 is 1. The number of carbonyl (C=O) groups excluding carboxylic acids is 2. The smallest absolute Gasteiger partial charge is 0.258 e. The summed E-state index contributed by atoms with van der Waals surface area (Å²) in [7, 11) is 1.58. The molecule has 0 saturated heterocycles. The first-order valence-corrected chi connectivity index (χ1v) is 7.07. The molecule has 0 heterocycles. The van der Waals surface area contributed by atoms with E-state index in [2.05, 4.69) is 0 Å². The maximum Gasteiger partial charge on any atom is 0.258 e. The van der Waals surface area contributed by atoms with E-state index in [-0.39, 0.29) is 11.7 Å². The van der Waals surface area contributed by atoms with Crippen molar-refractivity contribution in [3.63, 3.8) is 0 Å². The molecule has 2 aromatic carbocycles. The molecule has 0 aliphatic carbocycles. The fourth-order valence-electron chi connectivity index (χ4n) is 2.16. The van der Waals surface area contributed by atoms with Crippen LogP contribution in [0.15, 0.2) is 54.6 Å². The lowest BCUT2D eigenvalue weighted by atomic mass is 10.1. The second-order valence-electron chi connectivity index (χ2n) is 5.03. The molecule has 1 atom stereocenters. The molecule has 4 heteroatoms. The molecule has 0 aliphatic rings. The van der Waals surface area contributed by atoms with Gasteiger partial charge in [-0.3, -0.25) is 14.5 Å². The Labute approximate surface area is 130 Å². The topological polar surface area (TPSA) is 46.6 Å². The number of amides is 1. The van der Waals surface area contributed by atoms with Crippen LogP contribution in [0.3, 0.4) is 0 Å². The van der Waals surface area contributed by atoms with E-state index < -0.39 is 6.04 Å². The third-order valence-electron chi connectivity index (χ3n) is 3.57. The molecule has 0 spiro atoms. The second-order valence-corrected chi connectivity index (χ2v) is 5.03. The standard InChI is InChI=1S/C18H19NO3/c1-13(14(2)20)19(16-9-11-17(22-3)12-10-16)18(21)15-7-5-4-6-8-15/h4-13H,1-3H3. The van der Waals surface area contributed by atoms with Crippen molar-refractivity contribution in [1.82, 2.24) is 0 Å². The highest BCUT2D eigenvalue weighted by atomic mass is 16.5. The van der Waals surface area contributed by atoms with Crippen LogP contribution < -0.4 is 9.64 Å². The van der Waals surface area contributed by atoms with Crippen LogP contribution in [0.4, 0.5) is 5.69 Å². The van der Waals surface area contributed by atoms with Gasteiger partial charge in [-0.25, -0.2) is 0 Å². The summed E-state index contributed by atoms with van der Waals surface area (Å²) >= 11 is 0. The normalized spacial score (nSPS) is 11.6. The molecule has 0 fully saturated rings. The summed E-state index contributed by atoms with van der Waals surface area (Å²) in [5.41, 5.74) is 1.21. The van der Waals surface area contributed by atoms with Crippen LogP contribution in [0.1, 0.15) is 24.2 Å². The fraction of sp³-hybridized carbons (Fsp3) is 0.222. The first-order valence-electron chi connectivity index (χ1n) is 7.07. The van der Waals surface area contributed by atoms with Gasteiger partial charge in [0.1, 0.15) is 5.75 Å². The van der Waals surface area contributed by atoms with Crippen molar-refractivity contribution in [2.75, 3.05) is 12.0 Å². The first-order chi connectivity index (χ1) is 10.5. The van der Waals surface area contributed by atoms with Gasteiger partial charge in [0.25, 0.3) is 5.91 Å². The third kappa shape index (κ3) is 3.34. The van der Waals surface area contributed by atoms with Crippen LogP contribution in [0, 0.1) is 0 Å². The molecule has 2 rings (SSSR count). The van der Waals surface area contributed by atoms with Crippen molar-refractivity contribution in [1.29, 1.82) is 0 Å². The summed E-state index contributed by atoms with van der Waals surface area (Å²) in [6.45, 7) is 3.22. The Balaban J connectivity index is 2.42. The molecule has 0 bridgehead atoms. The number of anilines is 1. The Morgan fingerprint density at radius 3 is 2.09 bits per heavy atom. The largest absolute Gasteiger partial charge is 0.497 e. The Kier molecular flexibility index (Phi) is 4.94. The molecule has 1 amide bonds. The van der Waals surface area contributed by atoms with Crippen molar-refractivity contribution in [2.45, 2.75) is 19.9 Å². The van der Waals surface area contributed by atoms with Crippen LogP contribution in [0.5, 0.6) is 5.75 Å².